The molecule has 17 heavy (non-hydrogen) atoms. The fourth-order valence-electron chi connectivity index (χ4n) is 1.74. The van der Waals surface area contributed by atoms with Gasteiger partial charge in [-0.2, -0.15) is 0 Å². The largest absolute Gasteiger partial charge is 0.329 e. The molecule has 1 aromatic rings. The number of hydrogen-bond donors (Lipinski definition) is 1. The molecule has 0 aromatic heterocycles. The molecule has 0 aliphatic carbocycles. The number of nitrogens with zero attached hydrogens (tertiary/aromatic N) is 1. The molecule has 90 valence electrons. The second-order valence-electron chi connectivity index (χ2n) is 4.23. The first-order chi connectivity index (χ1) is 7.85. The van der Waals surface area contributed by atoms with Gasteiger partial charge in [-0.15, -0.1) is 0 Å². The van der Waals surface area contributed by atoms with Gasteiger partial charge in [0.05, 0.1) is 5.69 Å². The molecule has 4 nitrogen and oxygen atoms in total. The Hall–Kier alpha value is -1.98. The Bertz CT molecular complexity index is 514. The molecule has 1 fully saturated rings. The molecule has 0 unspecified atom stereocenters. The monoisotopic (exact) mass is 240 g/mol. The summed E-state index contributed by atoms with van der Waals surface area (Å²) < 4.78 is 26.7. The third-order valence-corrected chi connectivity index (χ3v) is 2.71. The van der Waals surface area contributed by atoms with Crippen LogP contribution in [0.3, 0.4) is 0 Å². The van der Waals surface area contributed by atoms with Crippen molar-refractivity contribution in [1.82, 2.24) is 5.32 Å². The molecule has 6 heteroatoms. The van der Waals surface area contributed by atoms with Crippen LogP contribution in [0.1, 0.15) is 13.8 Å². The maximum atomic E-state index is 13.6. The molecule has 0 radical (unpaired) electrons. The van der Waals surface area contributed by atoms with Crippen molar-refractivity contribution in [3.05, 3.63) is 29.8 Å². The summed E-state index contributed by atoms with van der Waals surface area (Å²) in [5.74, 6) is -2.76. The number of carbonyl (C=O) groups excluding carboxylic acids is 2. The lowest BCUT2D eigenvalue weighted by molar-refractivity contribution is -0.122. The number of amides is 3. The van der Waals surface area contributed by atoms with Crippen molar-refractivity contribution in [3.63, 3.8) is 0 Å². The number of benzene rings is 1. The smallest absolute Gasteiger partial charge is 0.276 e. The molecular formula is C11H10F2N2O2. The minimum atomic E-state index is -1.24. The van der Waals surface area contributed by atoms with Crippen LogP contribution in [0.15, 0.2) is 18.2 Å². The molecule has 0 atom stereocenters. The summed E-state index contributed by atoms with van der Waals surface area (Å²) in [6, 6.07) is 2.71. The van der Waals surface area contributed by atoms with Crippen LogP contribution in [-0.2, 0) is 4.79 Å². The number of hydrogen-bond acceptors (Lipinski definition) is 2. The van der Waals surface area contributed by atoms with Crippen molar-refractivity contribution in [1.29, 1.82) is 0 Å². The van der Waals surface area contributed by atoms with Gasteiger partial charge in [-0.05, 0) is 26.0 Å². The van der Waals surface area contributed by atoms with Gasteiger partial charge in [-0.1, -0.05) is 6.07 Å². The molecule has 1 N–H and O–H groups in total. The Balaban J connectivity index is 2.57. The van der Waals surface area contributed by atoms with E-state index in [2.05, 4.69) is 5.32 Å². The molecule has 0 bridgehead atoms. The number of nitrogens with one attached hydrogen (secondary N) is 1. The summed E-state index contributed by atoms with van der Waals surface area (Å²) in [6.07, 6.45) is 0. The van der Waals surface area contributed by atoms with Crippen LogP contribution in [0.4, 0.5) is 19.3 Å². The molecule has 1 aliphatic rings. The summed E-state index contributed by atoms with van der Waals surface area (Å²) in [7, 11) is 0. The van der Waals surface area contributed by atoms with E-state index in [9.17, 15) is 18.4 Å². The SMILES string of the molecule is CC1(C)C(=O)NC(=O)N1c1cccc(F)c1F. The van der Waals surface area contributed by atoms with E-state index in [0.29, 0.717) is 0 Å². The second-order valence-corrected chi connectivity index (χ2v) is 4.23. The number of halogens is 2. The van der Waals surface area contributed by atoms with Crippen LogP contribution in [0.2, 0.25) is 0 Å². The highest BCUT2D eigenvalue weighted by atomic mass is 19.2. The highest BCUT2D eigenvalue weighted by Crippen LogP contribution is 2.31. The van der Waals surface area contributed by atoms with E-state index in [1.807, 2.05) is 0 Å². The lowest BCUT2D eigenvalue weighted by Gasteiger charge is -2.28. The molecular weight excluding hydrogens is 230 g/mol. The minimum absolute atomic E-state index is 0.252. The quantitative estimate of drug-likeness (QED) is 0.761. The van der Waals surface area contributed by atoms with Gasteiger partial charge < -0.3 is 0 Å². The summed E-state index contributed by atoms with van der Waals surface area (Å²) >= 11 is 0. The van der Waals surface area contributed by atoms with Gasteiger partial charge >= 0.3 is 6.03 Å². The van der Waals surface area contributed by atoms with E-state index in [-0.39, 0.29) is 5.69 Å². The Kier molecular flexibility index (Phi) is 2.38. The Morgan fingerprint density at radius 3 is 2.41 bits per heavy atom. The van der Waals surface area contributed by atoms with E-state index in [1.54, 1.807) is 0 Å². The van der Waals surface area contributed by atoms with Gasteiger partial charge in [0.2, 0.25) is 0 Å². The average molecular weight is 240 g/mol. The molecule has 3 amide bonds. The summed E-state index contributed by atoms with van der Waals surface area (Å²) in [4.78, 5) is 24.0. The number of anilines is 1. The zero-order chi connectivity index (χ0) is 12.8. The lowest BCUT2D eigenvalue weighted by atomic mass is 10.0. The lowest BCUT2D eigenvalue weighted by Crippen LogP contribution is -2.44. The van der Waals surface area contributed by atoms with Crippen molar-refractivity contribution in [3.8, 4) is 0 Å². The summed E-state index contributed by atoms with van der Waals surface area (Å²) in [5.41, 5.74) is -1.50. The van der Waals surface area contributed by atoms with Crippen LogP contribution >= 0.6 is 0 Å². The molecule has 1 saturated heterocycles. The van der Waals surface area contributed by atoms with E-state index < -0.39 is 29.1 Å². The van der Waals surface area contributed by atoms with E-state index >= 15 is 0 Å². The van der Waals surface area contributed by atoms with Gasteiger partial charge in [0.1, 0.15) is 5.54 Å². The van der Waals surface area contributed by atoms with Gasteiger partial charge in [-0.25, -0.2) is 13.6 Å². The van der Waals surface area contributed by atoms with Crippen molar-refractivity contribution in [2.75, 3.05) is 4.90 Å². The van der Waals surface area contributed by atoms with Crippen molar-refractivity contribution < 1.29 is 18.4 Å². The fraction of sp³-hybridized carbons (Fsp3) is 0.273. The third-order valence-electron chi connectivity index (χ3n) is 2.71. The number of imide groups is 1. The van der Waals surface area contributed by atoms with E-state index in [4.69, 9.17) is 0 Å². The minimum Gasteiger partial charge on any atom is -0.276 e. The van der Waals surface area contributed by atoms with Gasteiger partial charge in [0.25, 0.3) is 5.91 Å². The van der Waals surface area contributed by atoms with Gasteiger partial charge in [0, 0.05) is 0 Å². The van der Waals surface area contributed by atoms with Gasteiger partial charge in [-0.3, -0.25) is 15.0 Å². The van der Waals surface area contributed by atoms with Gasteiger partial charge in [0.15, 0.2) is 11.6 Å². The van der Waals surface area contributed by atoms with E-state index in [1.165, 1.54) is 26.0 Å². The normalized spacial score (nSPS) is 18.5. The molecule has 0 saturated carbocycles. The zero-order valence-electron chi connectivity index (χ0n) is 9.25. The number of rotatable bonds is 1. The average Bonchev–Trinajstić information content (AvgIpc) is 2.42. The second kappa shape index (κ2) is 3.51. The Labute approximate surface area is 96.2 Å². The van der Waals surface area contributed by atoms with Crippen molar-refractivity contribution in [2.24, 2.45) is 0 Å². The van der Waals surface area contributed by atoms with Crippen LogP contribution in [0.5, 0.6) is 0 Å². The predicted molar refractivity (Wildman–Crippen MR) is 56.5 cm³/mol. The molecule has 0 spiro atoms. The molecule has 1 aliphatic heterocycles. The maximum absolute atomic E-state index is 13.6. The number of carbonyl (C=O) groups is 2. The first kappa shape index (κ1) is 11.5. The number of urea groups is 1. The first-order valence-corrected chi connectivity index (χ1v) is 4.95. The topological polar surface area (TPSA) is 49.4 Å². The third kappa shape index (κ3) is 1.56. The maximum Gasteiger partial charge on any atom is 0.329 e. The molecule has 1 aromatic carbocycles. The van der Waals surface area contributed by atoms with Crippen LogP contribution in [-0.4, -0.2) is 17.5 Å². The van der Waals surface area contributed by atoms with Crippen LogP contribution in [0.25, 0.3) is 0 Å². The summed E-state index contributed by atoms with van der Waals surface area (Å²) in [6.45, 7) is 2.91. The first-order valence-electron chi connectivity index (χ1n) is 4.95. The molecule has 1 heterocycles. The van der Waals surface area contributed by atoms with Crippen LogP contribution in [0, 0.1) is 11.6 Å². The Morgan fingerprint density at radius 1 is 1.24 bits per heavy atom. The van der Waals surface area contributed by atoms with Crippen molar-refractivity contribution >= 4 is 17.6 Å². The van der Waals surface area contributed by atoms with Crippen LogP contribution < -0.4 is 10.2 Å². The fourth-order valence-corrected chi connectivity index (χ4v) is 1.74. The molecule has 2 rings (SSSR count). The standard InChI is InChI=1S/C11H10F2N2O2/c1-11(2)9(16)14-10(17)15(11)7-5-3-4-6(12)8(7)13/h3-5H,1-2H3,(H,14,16,17). The summed E-state index contributed by atoms with van der Waals surface area (Å²) in [5, 5.41) is 2.06. The highest BCUT2D eigenvalue weighted by molar-refractivity contribution is 6.16. The van der Waals surface area contributed by atoms with E-state index in [0.717, 1.165) is 11.0 Å². The Morgan fingerprint density at radius 2 is 1.88 bits per heavy atom. The highest BCUT2D eigenvalue weighted by Gasteiger charge is 2.47. The van der Waals surface area contributed by atoms with Crippen molar-refractivity contribution in [2.45, 2.75) is 19.4 Å². The predicted octanol–water partition coefficient (Wildman–Crippen LogP) is 1.80. The zero-order valence-corrected chi connectivity index (χ0v) is 9.25.